The lowest BCUT2D eigenvalue weighted by Gasteiger charge is -2.28. The number of hydrogen-bond acceptors (Lipinski definition) is 7. The van der Waals surface area contributed by atoms with E-state index in [1.807, 2.05) is 0 Å². The minimum atomic E-state index is -1.34. The Hall–Kier alpha value is -3.92. The Kier molecular flexibility index (Phi) is 11.1. The fourth-order valence-electron chi connectivity index (χ4n) is 3.05. The Labute approximate surface area is 197 Å². The van der Waals surface area contributed by atoms with Crippen LogP contribution in [0.5, 0.6) is 0 Å². The van der Waals surface area contributed by atoms with Gasteiger partial charge in [0.2, 0.25) is 5.91 Å². The molecular weight excluding hydrogens is 442 g/mol. The van der Waals surface area contributed by atoms with Gasteiger partial charge in [-0.3, -0.25) is 9.59 Å². The summed E-state index contributed by atoms with van der Waals surface area (Å²) in [4.78, 5) is 50.2. The van der Waals surface area contributed by atoms with Gasteiger partial charge >= 0.3 is 18.2 Å². The molecule has 2 rings (SSSR count). The summed E-state index contributed by atoms with van der Waals surface area (Å²) in [7, 11) is 0. The number of nitrogens with zero attached hydrogens (tertiary/aromatic N) is 1. The van der Waals surface area contributed by atoms with Crippen LogP contribution in [0.3, 0.4) is 0 Å². The van der Waals surface area contributed by atoms with Crippen LogP contribution in [0.4, 0.5) is 9.59 Å². The monoisotopic (exact) mass is 471 g/mol. The van der Waals surface area contributed by atoms with Crippen molar-refractivity contribution in [2.24, 2.45) is 5.73 Å². The van der Waals surface area contributed by atoms with Gasteiger partial charge in [0, 0.05) is 0 Å². The van der Waals surface area contributed by atoms with Gasteiger partial charge in [0.05, 0.1) is 0 Å². The SMILES string of the molecule is NCCCC[C@H](C(=O)NCC(=O)O)N(C(=O)OCc1ccccc1)C(=O)OCc1ccccc1. The van der Waals surface area contributed by atoms with E-state index in [0.29, 0.717) is 35.4 Å². The van der Waals surface area contributed by atoms with Gasteiger partial charge in [-0.1, -0.05) is 60.7 Å². The second-order valence-corrected chi connectivity index (χ2v) is 7.36. The Morgan fingerprint density at radius 2 is 1.35 bits per heavy atom. The molecule has 0 radical (unpaired) electrons. The zero-order chi connectivity index (χ0) is 24.8. The number of carboxylic acids is 1. The maximum absolute atomic E-state index is 13.0. The van der Waals surface area contributed by atoms with Crippen LogP contribution in [0, 0.1) is 0 Å². The van der Waals surface area contributed by atoms with Crippen molar-refractivity contribution in [3.63, 3.8) is 0 Å². The van der Waals surface area contributed by atoms with Crippen molar-refractivity contribution in [1.29, 1.82) is 0 Å². The lowest BCUT2D eigenvalue weighted by molar-refractivity contribution is -0.138. The number of rotatable bonds is 12. The molecule has 0 aliphatic heterocycles. The molecule has 3 amide bonds. The standard InChI is InChI=1S/C24H29N3O7/c25-14-8-7-13-20(22(30)26-15-21(28)29)27(23(31)33-16-18-9-3-1-4-10-18)24(32)34-17-19-11-5-2-6-12-19/h1-6,9-12,20H,7-8,13-17,25H2,(H,26,30)(H,28,29)/t20-/m1/s1. The van der Waals surface area contributed by atoms with Crippen molar-refractivity contribution in [1.82, 2.24) is 10.2 Å². The molecule has 0 heterocycles. The van der Waals surface area contributed by atoms with E-state index in [1.54, 1.807) is 60.7 Å². The van der Waals surface area contributed by atoms with E-state index >= 15 is 0 Å². The maximum atomic E-state index is 13.0. The number of benzene rings is 2. The summed E-state index contributed by atoms with van der Waals surface area (Å²) in [5, 5.41) is 11.1. The highest BCUT2D eigenvalue weighted by atomic mass is 16.6. The van der Waals surface area contributed by atoms with Crippen LogP contribution in [0.1, 0.15) is 30.4 Å². The molecule has 0 unspecified atom stereocenters. The molecule has 0 bridgehead atoms. The van der Waals surface area contributed by atoms with Crippen molar-refractivity contribution in [3.05, 3.63) is 71.8 Å². The average molecular weight is 472 g/mol. The lowest BCUT2D eigenvalue weighted by Crippen LogP contribution is -2.53. The van der Waals surface area contributed by atoms with E-state index in [-0.39, 0.29) is 19.6 Å². The van der Waals surface area contributed by atoms with Crippen LogP contribution in [0.25, 0.3) is 0 Å². The average Bonchev–Trinajstić information content (AvgIpc) is 2.85. The Morgan fingerprint density at radius 1 is 0.853 bits per heavy atom. The van der Waals surface area contributed by atoms with Gasteiger partial charge < -0.3 is 25.6 Å². The summed E-state index contributed by atoms with van der Waals surface area (Å²) in [6.45, 7) is -0.582. The minimum Gasteiger partial charge on any atom is -0.480 e. The van der Waals surface area contributed by atoms with E-state index in [0.717, 1.165) is 0 Å². The van der Waals surface area contributed by atoms with Gasteiger partial charge in [-0.15, -0.1) is 0 Å². The molecular formula is C24H29N3O7. The number of aliphatic carboxylic acids is 1. The Morgan fingerprint density at radius 3 is 1.79 bits per heavy atom. The number of unbranched alkanes of at least 4 members (excludes halogenated alkanes) is 1. The summed E-state index contributed by atoms with van der Waals surface area (Å²) in [5.41, 5.74) is 6.90. The van der Waals surface area contributed by atoms with E-state index in [1.165, 1.54) is 0 Å². The third-order valence-electron chi connectivity index (χ3n) is 4.76. The van der Waals surface area contributed by atoms with Gasteiger partial charge in [-0.05, 0) is 36.9 Å². The molecule has 4 N–H and O–H groups in total. The number of amides is 3. The number of nitrogens with one attached hydrogen (secondary N) is 1. The summed E-state index contributed by atoms with van der Waals surface area (Å²) >= 11 is 0. The van der Waals surface area contributed by atoms with Crippen LogP contribution >= 0.6 is 0 Å². The first-order chi connectivity index (χ1) is 16.4. The molecule has 10 nitrogen and oxygen atoms in total. The largest absolute Gasteiger partial charge is 0.480 e. The molecule has 0 aromatic heterocycles. The van der Waals surface area contributed by atoms with Crippen LogP contribution < -0.4 is 11.1 Å². The van der Waals surface area contributed by atoms with Gasteiger partial charge in [-0.2, -0.15) is 4.90 Å². The molecule has 2 aromatic carbocycles. The van der Waals surface area contributed by atoms with E-state index in [4.69, 9.17) is 20.3 Å². The van der Waals surface area contributed by atoms with Crippen LogP contribution in [-0.2, 0) is 32.3 Å². The lowest BCUT2D eigenvalue weighted by atomic mass is 10.1. The van der Waals surface area contributed by atoms with Crippen molar-refractivity contribution in [2.75, 3.05) is 13.1 Å². The first kappa shape index (κ1) is 26.3. The van der Waals surface area contributed by atoms with Crippen molar-refractivity contribution in [2.45, 2.75) is 38.5 Å². The number of carboxylic acid groups (broad SMARTS) is 1. The number of ether oxygens (including phenoxy) is 2. The molecule has 1 atom stereocenters. The highest BCUT2D eigenvalue weighted by molar-refractivity contribution is 5.96. The molecule has 0 spiro atoms. The van der Waals surface area contributed by atoms with Crippen molar-refractivity contribution < 1.29 is 33.8 Å². The first-order valence-electron chi connectivity index (χ1n) is 10.8. The van der Waals surface area contributed by atoms with Gasteiger partial charge in [0.1, 0.15) is 25.8 Å². The van der Waals surface area contributed by atoms with Crippen LogP contribution in [0.15, 0.2) is 60.7 Å². The van der Waals surface area contributed by atoms with E-state index in [9.17, 15) is 19.2 Å². The van der Waals surface area contributed by atoms with Crippen molar-refractivity contribution >= 4 is 24.1 Å². The molecule has 0 saturated carbocycles. The third-order valence-corrected chi connectivity index (χ3v) is 4.76. The minimum absolute atomic E-state index is 0.0591. The molecule has 0 fully saturated rings. The normalized spacial score (nSPS) is 11.2. The van der Waals surface area contributed by atoms with E-state index in [2.05, 4.69) is 5.32 Å². The number of hydrogen-bond donors (Lipinski definition) is 3. The number of carbonyl (C=O) groups is 4. The molecule has 2 aromatic rings. The molecule has 0 aliphatic carbocycles. The smallest absolute Gasteiger partial charge is 0.420 e. The number of imide groups is 1. The summed E-state index contributed by atoms with van der Waals surface area (Å²) < 4.78 is 10.6. The van der Waals surface area contributed by atoms with Gasteiger partial charge in [0.15, 0.2) is 0 Å². The summed E-state index contributed by atoms with van der Waals surface area (Å²) in [6.07, 6.45) is -1.15. The maximum Gasteiger partial charge on any atom is 0.420 e. The van der Waals surface area contributed by atoms with Crippen LogP contribution in [-0.4, -0.2) is 53.2 Å². The predicted octanol–water partition coefficient (Wildman–Crippen LogP) is 2.66. The molecule has 0 saturated heterocycles. The Balaban J connectivity index is 2.22. The predicted molar refractivity (Wildman–Crippen MR) is 122 cm³/mol. The first-order valence-corrected chi connectivity index (χ1v) is 10.8. The van der Waals surface area contributed by atoms with Gasteiger partial charge in [0.25, 0.3) is 0 Å². The quantitative estimate of drug-likeness (QED) is 0.400. The fourth-order valence-corrected chi connectivity index (χ4v) is 3.05. The van der Waals surface area contributed by atoms with E-state index < -0.39 is 36.6 Å². The van der Waals surface area contributed by atoms with Gasteiger partial charge in [-0.25, -0.2) is 9.59 Å². The highest BCUT2D eigenvalue weighted by Gasteiger charge is 2.37. The molecule has 182 valence electrons. The second kappa shape index (κ2) is 14.3. The number of carbonyl (C=O) groups excluding carboxylic acids is 3. The third kappa shape index (κ3) is 8.91. The topological polar surface area (TPSA) is 148 Å². The highest BCUT2D eigenvalue weighted by Crippen LogP contribution is 2.16. The molecule has 0 aliphatic rings. The van der Waals surface area contributed by atoms with Crippen LogP contribution in [0.2, 0.25) is 0 Å². The molecule has 34 heavy (non-hydrogen) atoms. The summed E-state index contributed by atoms with van der Waals surface area (Å²) in [6, 6.07) is 16.3. The van der Waals surface area contributed by atoms with Crippen molar-refractivity contribution in [3.8, 4) is 0 Å². The molecule has 10 heteroatoms. The Bertz CT molecular complexity index is 883. The summed E-state index contributed by atoms with van der Waals surface area (Å²) in [5.74, 6) is -2.08. The number of nitrogens with two attached hydrogens (primary N) is 1. The zero-order valence-electron chi connectivity index (χ0n) is 18.7. The second-order valence-electron chi connectivity index (χ2n) is 7.36. The zero-order valence-corrected chi connectivity index (χ0v) is 18.7. The fraction of sp³-hybridized carbons (Fsp3) is 0.333.